The third-order valence-electron chi connectivity index (χ3n) is 4.58. The van der Waals surface area contributed by atoms with Crippen LogP contribution in [0.3, 0.4) is 0 Å². The number of carbonyl (C=O) groups is 1. The Hall–Kier alpha value is -0.220. The van der Waals surface area contributed by atoms with Crippen LogP contribution in [-0.4, -0.2) is 48.0 Å². The highest BCUT2D eigenvalue weighted by Gasteiger charge is 2.39. The lowest BCUT2D eigenvalue weighted by Crippen LogP contribution is -2.47. The lowest BCUT2D eigenvalue weighted by atomic mass is 9.85. The largest absolute Gasteiger partial charge is 0.341 e. The molecule has 0 radical (unpaired) electrons. The predicted molar refractivity (Wildman–Crippen MR) is 77.9 cm³/mol. The molecule has 4 unspecified atom stereocenters. The van der Waals surface area contributed by atoms with Crippen molar-refractivity contribution in [2.45, 2.75) is 57.2 Å². The van der Waals surface area contributed by atoms with Crippen molar-refractivity contribution in [1.82, 2.24) is 10.2 Å². The van der Waals surface area contributed by atoms with E-state index in [1.165, 1.54) is 25.7 Å². The summed E-state index contributed by atoms with van der Waals surface area (Å²) >= 11 is 1.80. The average Bonchev–Trinajstić information content (AvgIpc) is 2.81. The molecule has 1 aliphatic carbocycles. The quantitative estimate of drug-likeness (QED) is 0.849. The Bertz CT molecular complexity index is 284. The monoisotopic (exact) mass is 270 g/mol. The van der Waals surface area contributed by atoms with Crippen molar-refractivity contribution in [3.05, 3.63) is 0 Å². The zero-order valence-corrected chi connectivity index (χ0v) is 12.6. The number of carbonyl (C=O) groups excluding carboxylic acids is 1. The van der Waals surface area contributed by atoms with Gasteiger partial charge in [0.25, 0.3) is 0 Å². The minimum absolute atomic E-state index is 0.0763. The minimum Gasteiger partial charge on any atom is -0.341 e. The second-order valence-electron chi connectivity index (χ2n) is 5.86. The van der Waals surface area contributed by atoms with Gasteiger partial charge in [0.1, 0.15) is 0 Å². The third kappa shape index (κ3) is 3.02. The van der Waals surface area contributed by atoms with Crippen molar-refractivity contribution < 1.29 is 4.79 Å². The van der Waals surface area contributed by atoms with Crippen LogP contribution in [0.5, 0.6) is 0 Å². The van der Waals surface area contributed by atoms with Gasteiger partial charge in [0.2, 0.25) is 5.91 Å². The number of nitrogens with one attached hydrogen (secondary N) is 1. The molecule has 0 aromatic rings. The van der Waals surface area contributed by atoms with Gasteiger partial charge in [-0.3, -0.25) is 4.79 Å². The van der Waals surface area contributed by atoms with Gasteiger partial charge in [-0.1, -0.05) is 12.8 Å². The van der Waals surface area contributed by atoms with Crippen molar-refractivity contribution in [1.29, 1.82) is 0 Å². The maximum Gasteiger partial charge on any atom is 0.239 e. The van der Waals surface area contributed by atoms with Gasteiger partial charge >= 0.3 is 0 Å². The van der Waals surface area contributed by atoms with E-state index in [-0.39, 0.29) is 6.04 Å². The Labute approximate surface area is 115 Å². The lowest BCUT2D eigenvalue weighted by Gasteiger charge is -2.27. The SMILES string of the molecule is CSCC(C)N(C)C(=O)C1CC2CCCCC2N1. The molecule has 0 aromatic heterocycles. The molecule has 4 atom stereocenters. The molecule has 0 bridgehead atoms. The highest BCUT2D eigenvalue weighted by Crippen LogP contribution is 2.33. The summed E-state index contributed by atoms with van der Waals surface area (Å²) in [5.74, 6) is 2.06. The smallest absolute Gasteiger partial charge is 0.239 e. The Morgan fingerprint density at radius 2 is 2.17 bits per heavy atom. The van der Waals surface area contributed by atoms with Crippen LogP contribution in [-0.2, 0) is 4.79 Å². The van der Waals surface area contributed by atoms with E-state index in [0.29, 0.717) is 18.0 Å². The molecule has 2 aliphatic rings. The van der Waals surface area contributed by atoms with Crippen molar-refractivity contribution in [3.63, 3.8) is 0 Å². The predicted octanol–water partition coefficient (Wildman–Crippen LogP) is 2.12. The van der Waals surface area contributed by atoms with Gasteiger partial charge in [-0.15, -0.1) is 0 Å². The first-order chi connectivity index (χ1) is 8.63. The second-order valence-corrected chi connectivity index (χ2v) is 6.77. The first-order valence-corrected chi connectivity index (χ1v) is 8.54. The van der Waals surface area contributed by atoms with Crippen LogP contribution in [0, 0.1) is 5.92 Å². The number of likely N-dealkylation sites (N-methyl/N-ethyl adjacent to an activating group) is 1. The molecule has 1 saturated heterocycles. The maximum atomic E-state index is 12.5. The summed E-state index contributed by atoms with van der Waals surface area (Å²) in [5.41, 5.74) is 0. The fourth-order valence-electron chi connectivity index (χ4n) is 3.33. The van der Waals surface area contributed by atoms with Crippen LogP contribution in [0.15, 0.2) is 0 Å². The molecule has 0 aromatic carbocycles. The van der Waals surface area contributed by atoms with Gasteiger partial charge in [-0.25, -0.2) is 0 Å². The normalized spacial score (nSPS) is 32.9. The fourth-order valence-corrected chi connectivity index (χ4v) is 4.03. The van der Waals surface area contributed by atoms with Crippen molar-refractivity contribution in [2.75, 3.05) is 19.1 Å². The van der Waals surface area contributed by atoms with Crippen LogP contribution in [0.1, 0.15) is 39.0 Å². The molecular weight excluding hydrogens is 244 g/mol. The van der Waals surface area contributed by atoms with Crippen molar-refractivity contribution in [2.24, 2.45) is 5.92 Å². The summed E-state index contributed by atoms with van der Waals surface area (Å²) < 4.78 is 0. The van der Waals surface area contributed by atoms with Gasteiger partial charge in [0, 0.05) is 24.9 Å². The summed E-state index contributed by atoms with van der Waals surface area (Å²) in [4.78, 5) is 14.4. The highest BCUT2D eigenvalue weighted by atomic mass is 32.2. The van der Waals surface area contributed by atoms with E-state index < -0.39 is 0 Å². The molecule has 2 fully saturated rings. The molecule has 4 heteroatoms. The Morgan fingerprint density at radius 1 is 1.44 bits per heavy atom. The zero-order valence-electron chi connectivity index (χ0n) is 11.8. The lowest BCUT2D eigenvalue weighted by molar-refractivity contribution is -0.133. The Kier molecular flexibility index (Phi) is 4.96. The molecule has 1 saturated carbocycles. The van der Waals surface area contributed by atoms with Crippen molar-refractivity contribution >= 4 is 17.7 Å². The summed E-state index contributed by atoms with van der Waals surface area (Å²) in [6.07, 6.45) is 8.40. The number of amides is 1. The van der Waals surface area contributed by atoms with Crippen LogP contribution in [0.25, 0.3) is 0 Å². The average molecular weight is 270 g/mol. The number of hydrogen-bond acceptors (Lipinski definition) is 3. The first-order valence-electron chi connectivity index (χ1n) is 7.15. The number of thioether (sulfide) groups is 1. The number of rotatable bonds is 4. The molecule has 1 heterocycles. The molecule has 18 heavy (non-hydrogen) atoms. The van der Waals surface area contributed by atoms with Crippen LogP contribution >= 0.6 is 11.8 Å². The highest BCUT2D eigenvalue weighted by molar-refractivity contribution is 7.98. The van der Waals surface area contributed by atoms with E-state index in [1.54, 1.807) is 11.8 Å². The molecule has 1 amide bonds. The number of nitrogens with zero attached hydrogens (tertiary/aromatic N) is 1. The number of hydrogen-bond donors (Lipinski definition) is 1. The first kappa shape index (κ1) is 14.2. The summed E-state index contributed by atoms with van der Waals surface area (Å²) in [5, 5.41) is 3.57. The van der Waals surface area contributed by atoms with E-state index in [4.69, 9.17) is 0 Å². The van der Waals surface area contributed by atoms with Crippen molar-refractivity contribution in [3.8, 4) is 0 Å². The van der Waals surface area contributed by atoms with Crippen LogP contribution in [0.4, 0.5) is 0 Å². The van der Waals surface area contributed by atoms with Gasteiger partial charge in [-0.2, -0.15) is 11.8 Å². The van der Waals surface area contributed by atoms with Gasteiger partial charge in [0.05, 0.1) is 6.04 Å². The molecule has 2 rings (SSSR count). The van der Waals surface area contributed by atoms with Gasteiger partial charge in [-0.05, 0) is 38.4 Å². The maximum absolute atomic E-state index is 12.5. The van der Waals surface area contributed by atoms with Gasteiger partial charge < -0.3 is 10.2 Å². The van der Waals surface area contributed by atoms with Crippen LogP contribution < -0.4 is 5.32 Å². The van der Waals surface area contributed by atoms with E-state index >= 15 is 0 Å². The molecule has 104 valence electrons. The van der Waals surface area contributed by atoms with E-state index in [9.17, 15) is 4.79 Å². The summed E-state index contributed by atoms with van der Waals surface area (Å²) in [7, 11) is 1.95. The van der Waals surface area contributed by atoms with E-state index in [2.05, 4.69) is 18.5 Å². The topological polar surface area (TPSA) is 32.3 Å². The molecule has 1 aliphatic heterocycles. The Morgan fingerprint density at radius 3 is 2.83 bits per heavy atom. The summed E-state index contributed by atoms with van der Waals surface area (Å²) in [6.45, 7) is 2.14. The number of fused-ring (bicyclic) bond motifs is 1. The zero-order chi connectivity index (χ0) is 13.1. The fraction of sp³-hybridized carbons (Fsp3) is 0.929. The molecule has 0 spiro atoms. The van der Waals surface area contributed by atoms with E-state index in [0.717, 1.165) is 18.1 Å². The van der Waals surface area contributed by atoms with E-state index in [1.807, 2.05) is 11.9 Å². The minimum atomic E-state index is 0.0763. The molecular formula is C14H26N2OS. The second kappa shape index (κ2) is 6.29. The summed E-state index contributed by atoms with van der Waals surface area (Å²) in [6, 6.07) is 1.02. The Balaban J connectivity index is 1.90. The molecule has 1 N–H and O–H groups in total. The standard InChI is InChI=1S/C14H26N2OS/c1-10(9-18-3)16(2)14(17)13-8-11-6-4-5-7-12(11)15-13/h10-13,15H,4-9H2,1-3H3. The van der Waals surface area contributed by atoms with Crippen LogP contribution in [0.2, 0.25) is 0 Å². The third-order valence-corrected chi connectivity index (χ3v) is 5.39. The molecule has 3 nitrogen and oxygen atoms in total. The van der Waals surface area contributed by atoms with Gasteiger partial charge in [0.15, 0.2) is 0 Å².